The van der Waals surface area contributed by atoms with Gasteiger partial charge in [-0.2, -0.15) is 0 Å². The number of hydrogen-bond acceptors (Lipinski definition) is 5. The van der Waals surface area contributed by atoms with Crippen molar-refractivity contribution in [3.05, 3.63) is 29.8 Å². The van der Waals surface area contributed by atoms with Crippen molar-refractivity contribution in [1.82, 2.24) is 0 Å². The van der Waals surface area contributed by atoms with Crippen molar-refractivity contribution in [1.29, 1.82) is 0 Å². The Morgan fingerprint density at radius 3 is 2.84 bits per heavy atom. The molecule has 2 rings (SSSR count). The molecule has 1 saturated heterocycles. The van der Waals surface area contributed by atoms with Gasteiger partial charge in [-0.25, -0.2) is 0 Å². The van der Waals surface area contributed by atoms with Gasteiger partial charge in [0.25, 0.3) is 0 Å². The lowest BCUT2D eigenvalue weighted by Crippen LogP contribution is -2.26. The summed E-state index contributed by atoms with van der Waals surface area (Å²) in [6, 6.07) is 7.72. The molecule has 1 heterocycles. The van der Waals surface area contributed by atoms with Crippen LogP contribution in [0, 0.1) is 5.41 Å². The first kappa shape index (κ1) is 13.9. The summed E-state index contributed by atoms with van der Waals surface area (Å²) < 4.78 is 5.03. The van der Waals surface area contributed by atoms with Crippen LogP contribution in [0.3, 0.4) is 0 Å². The van der Waals surface area contributed by atoms with Gasteiger partial charge in [0.2, 0.25) is 0 Å². The van der Waals surface area contributed by atoms with E-state index in [-0.39, 0.29) is 5.97 Å². The van der Waals surface area contributed by atoms with E-state index in [1.54, 1.807) is 11.8 Å². The van der Waals surface area contributed by atoms with Gasteiger partial charge in [-0.3, -0.25) is 4.79 Å². The van der Waals surface area contributed by atoms with Crippen LogP contribution in [0.15, 0.2) is 34.3 Å². The number of thioether (sulfide) groups is 1. The van der Waals surface area contributed by atoms with Gasteiger partial charge in [-0.05, 0) is 25.7 Å². The largest absolute Gasteiger partial charge is 0.465 e. The first-order valence-electron chi connectivity index (χ1n) is 6.12. The fourth-order valence-electron chi connectivity index (χ4n) is 2.24. The minimum Gasteiger partial charge on any atom is -0.465 e. The second-order valence-corrected chi connectivity index (χ2v) is 5.72. The fourth-order valence-corrected chi connectivity index (χ4v) is 2.86. The maximum atomic E-state index is 11.8. The Balaban J connectivity index is 2.29. The number of ether oxygens (including phenoxy) is 1. The Labute approximate surface area is 116 Å². The van der Waals surface area contributed by atoms with E-state index >= 15 is 0 Å². The molecule has 1 unspecified atom stereocenters. The van der Waals surface area contributed by atoms with Crippen LogP contribution in [-0.4, -0.2) is 29.8 Å². The number of rotatable bonds is 4. The van der Waals surface area contributed by atoms with Crippen LogP contribution in [-0.2, 0) is 9.53 Å². The van der Waals surface area contributed by atoms with Gasteiger partial charge in [0.05, 0.1) is 17.7 Å². The molecule has 0 aromatic heterocycles. The summed E-state index contributed by atoms with van der Waals surface area (Å²) in [6.45, 7) is 2.30. The second-order valence-electron chi connectivity index (χ2n) is 4.87. The highest BCUT2D eigenvalue weighted by molar-refractivity contribution is 7.98. The Morgan fingerprint density at radius 1 is 1.53 bits per heavy atom. The van der Waals surface area contributed by atoms with Crippen molar-refractivity contribution in [2.24, 2.45) is 10.6 Å². The number of nitrogens with zero attached hydrogens (tertiary/aromatic N) is 1. The van der Waals surface area contributed by atoms with Crippen LogP contribution in [0.2, 0.25) is 0 Å². The van der Waals surface area contributed by atoms with Gasteiger partial charge >= 0.3 is 5.97 Å². The van der Waals surface area contributed by atoms with Crippen molar-refractivity contribution in [2.75, 3.05) is 12.9 Å². The molecule has 1 aliphatic rings. The van der Waals surface area contributed by atoms with E-state index in [4.69, 9.17) is 4.74 Å². The van der Waals surface area contributed by atoms with Gasteiger partial charge in [-0.15, -0.1) is 11.8 Å². The Morgan fingerprint density at radius 2 is 2.26 bits per heavy atom. The molecule has 1 aromatic rings. The molecule has 0 bridgehead atoms. The molecule has 19 heavy (non-hydrogen) atoms. The van der Waals surface area contributed by atoms with E-state index in [1.165, 1.54) is 0 Å². The van der Waals surface area contributed by atoms with Crippen molar-refractivity contribution in [2.45, 2.75) is 24.7 Å². The van der Waals surface area contributed by atoms with Gasteiger partial charge in [0, 0.05) is 16.9 Å². The third-order valence-corrected chi connectivity index (χ3v) is 4.27. The molecule has 1 N–H and O–H groups in total. The van der Waals surface area contributed by atoms with Crippen molar-refractivity contribution >= 4 is 23.4 Å². The van der Waals surface area contributed by atoms with E-state index in [2.05, 4.69) is 5.16 Å². The van der Waals surface area contributed by atoms with Gasteiger partial charge < -0.3 is 9.94 Å². The Kier molecular flexibility index (Phi) is 4.14. The highest BCUT2D eigenvalue weighted by Crippen LogP contribution is 2.35. The number of cyclic esters (lactones) is 1. The van der Waals surface area contributed by atoms with Gasteiger partial charge in [0.15, 0.2) is 0 Å². The average Bonchev–Trinajstić information content (AvgIpc) is 2.76. The number of oxime groups is 1. The highest BCUT2D eigenvalue weighted by atomic mass is 32.2. The first-order valence-corrected chi connectivity index (χ1v) is 7.35. The van der Waals surface area contributed by atoms with Crippen molar-refractivity contribution in [3.8, 4) is 0 Å². The molecule has 1 fully saturated rings. The molecule has 102 valence electrons. The summed E-state index contributed by atoms with van der Waals surface area (Å²) in [5, 5.41) is 12.7. The van der Waals surface area contributed by atoms with E-state index in [9.17, 15) is 10.0 Å². The monoisotopic (exact) mass is 279 g/mol. The third kappa shape index (κ3) is 2.76. The lowest BCUT2D eigenvalue weighted by molar-refractivity contribution is -0.145. The summed E-state index contributed by atoms with van der Waals surface area (Å²) in [4.78, 5) is 12.8. The molecule has 1 atom stereocenters. The average molecular weight is 279 g/mol. The van der Waals surface area contributed by atoms with Crippen LogP contribution >= 0.6 is 11.8 Å². The Hall–Kier alpha value is -1.49. The fraction of sp³-hybridized carbons (Fsp3) is 0.429. The molecular weight excluding hydrogens is 262 g/mol. The molecule has 0 saturated carbocycles. The molecular formula is C14H17NO3S. The molecule has 0 radical (unpaired) electrons. The predicted molar refractivity (Wildman–Crippen MR) is 74.8 cm³/mol. The second kappa shape index (κ2) is 5.65. The summed E-state index contributed by atoms with van der Waals surface area (Å²) in [5.74, 6) is -0.213. The minimum absolute atomic E-state index is 0.213. The lowest BCUT2D eigenvalue weighted by Gasteiger charge is -2.20. The molecule has 0 spiro atoms. The van der Waals surface area contributed by atoms with Crippen molar-refractivity contribution < 1.29 is 14.7 Å². The molecule has 4 nitrogen and oxygen atoms in total. The van der Waals surface area contributed by atoms with Crippen molar-refractivity contribution in [3.63, 3.8) is 0 Å². The maximum Gasteiger partial charge on any atom is 0.312 e. The zero-order chi connectivity index (χ0) is 13.9. The summed E-state index contributed by atoms with van der Waals surface area (Å²) >= 11 is 1.59. The number of carbonyl (C=O) groups is 1. The van der Waals surface area contributed by atoms with E-state index in [0.29, 0.717) is 25.2 Å². The van der Waals surface area contributed by atoms with Crippen LogP contribution in [0.25, 0.3) is 0 Å². The minimum atomic E-state index is -0.590. The van der Waals surface area contributed by atoms with Gasteiger partial charge in [-0.1, -0.05) is 23.4 Å². The normalized spacial score (nSPS) is 23.5. The number of benzene rings is 1. The SMILES string of the molecule is CSc1ccccc1/C(CC1(C)CCOC1=O)=N\O. The topological polar surface area (TPSA) is 58.9 Å². The molecule has 1 aromatic carbocycles. The number of esters is 1. The van der Waals surface area contributed by atoms with E-state index < -0.39 is 5.41 Å². The lowest BCUT2D eigenvalue weighted by atomic mass is 9.82. The first-order chi connectivity index (χ1) is 9.10. The molecule has 5 heteroatoms. The van der Waals surface area contributed by atoms with Crippen LogP contribution in [0.4, 0.5) is 0 Å². The van der Waals surface area contributed by atoms with Gasteiger partial charge in [0.1, 0.15) is 0 Å². The highest BCUT2D eigenvalue weighted by Gasteiger charge is 2.41. The van der Waals surface area contributed by atoms with Crippen LogP contribution in [0.5, 0.6) is 0 Å². The number of hydrogen-bond donors (Lipinski definition) is 1. The maximum absolute atomic E-state index is 11.8. The quantitative estimate of drug-likeness (QED) is 0.303. The molecule has 1 aliphatic heterocycles. The summed E-state index contributed by atoms with van der Waals surface area (Å²) in [5.41, 5.74) is 0.817. The number of carbonyl (C=O) groups excluding carboxylic acids is 1. The Bertz CT molecular complexity index is 515. The standard InChI is InChI=1S/C14H17NO3S/c1-14(7-8-18-13(14)16)9-11(15-17)10-5-3-4-6-12(10)19-2/h3-6,17H,7-9H2,1-2H3/b15-11-. The van der Waals surface area contributed by atoms with E-state index in [0.717, 1.165) is 10.5 Å². The zero-order valence-electron chi connectivity index (χ0n) is 11.0. The predicted octanol–water partition coefficient (Wildman–Crippen LogP) is 2.93. The molecule has 0 amide bonds. The summed E-state index contributed by atoms with van der Waals surface area (Å²) in [6.07, 6.45) is 3.02. The van der Waals surface area contributed by atoms with E-state index in [1.807, 2.05) is 37.4 Å². The van der Waals surface area contributed by atoms with Crippen LogP contribution < -0.4 is 0 Å². The zero-order valence-corrected chi connectivity index (χ0v) is 11.9. The smallest absolute Gasteiger partial charge is 0.312 e. The third-order valence-electron chi connectivity index (χ3n) is 3.48. The molecule has 0 aliphatic carbocycles. The van der Waals surface area contributed by atoms with Crippen LogP contribution in [0.1, 0.15) is 25.3 Å². The summed E-state index contributed by atoms with van der Waals surface area (Å²) in [7, 11) is 0.